The van der Waals surface area contributed by atoms with E-state index in [4.69, 9.17) is 14.6 Å². The van der Waals surface area contributed by atoms with Crippen LogP contribution < -0.4 is 9.46 Å². The molecule has 1 rings (SSSR count). The fourth-order valence-corrected chi connectivity index (χ4v) is 2.44. The van der Waals surface area contributed by atoms with Crippen molar-refractivity contribution in [3.8, 4) is 5.75 Å². The molecule has 2 N–H and O–H groups in total. The fraction of sp³-hybridized carbons (Fsp3) is 0.462. The summed E-state index contributed by atoms with van der Waals surface area (Å²) in [5.74, 6) is -0.485. The summed E-state index contributed by atoms with van der Waals surface area (Å²) in [7, 11) is -3.63. The van der Waals surface area contributed by atoms with E-state index in [1.54, 1.807) is 12.1 Å². The zero-order valence-electron chi connectivity index (χ0n) is 11.7. The molecule has 0 aliphatic rings. The van der Waals surface area contributed by atoms with Crippen molar-refractivity contribution in [2.24, 2.45) is 0 Å². The first-order valence-electron chi connectivity index (χ1n) is 6.48. The number of ether oxygens (including phenoxy) is 2. The van der Waals surface area contributed by atoms with Gasteiger partial charge in [0.05, 0.1) is 18.1 Å². The Kier molecular flexibility index (Phi) is 7.13. The van der Waals surface area contributed by atoms with Crippen molar-refractivity contribution in [1.82, 2.24) is 4.72 Å². The van der Waals surface area contributed by atoms with Gasteiger partial charge in [0.2, 0.25) is 10.0 Å². The number of rotatable bonds is 10. The summed E-state index contributed by atoms with van der Waals surface area (Å²) >= 11 is 0. The zero-order chi connectivity index (χ0) is 15.7. The molecule has 0 saturated heterocycles. The molecule has 8 heteroatoms. The molecular weight excluding hydrogens is 298 g/mol. The molecule has 21 heavy (non-hydrogen) atoms. The lowest BCUT2D eigenvalue weighted by Gasteiger charge is -2.08. The number of carboxylic acids is 1. The van der Waals surface area contributed by atoms with Gasteiger partial charge in [0.15, 0.2) is 0 Å². The Labute approximate surface area is 123 Å². The van der Waals surface area contributed by atoms with E-state index in [0.29, 0.717) is 12.4 Å². The number of nitrogens with one attached hydrogen (secondary N) is 1. The van der Waals surface area contributed by atoms with E-state index >= 15 is 0 Å². The summed E-state index contributed by atoms with van der Waals surface area (Å²) in [4.78, 5) is 10.3. The molecule has 0 aliphatic heterocycles. The molecule has 0 amide bonds. The van der Waals surface area contributed by atoms with Gasteiger partial charge in [0.25, 0.3) is 0 Å². The van der Waals surface area contributed by atoms with Crippen molar-refractivity contribution < 1.29 is 27.8 Å². The molecule has 0 spiro atoms. The highest BCUT2D eigenvalue weighted by Gasteiger charge is 2.13. The van der Waals surface area contributed by atoms with Crippen LogP contribution in [0.2, 0.25) is 0 Å². The highest BCUT2D eigenvalue weighted by molar-refractivity contribution is 7.89. The van der Waals surface area contributed by atoms with Crippen molar-refractivity contribution in [1.29, 1.82) is 0 Å². The van der Waals surface area contributed by atoms with E-state index in [1.165, 1.54) is 12.1 Å². The summed E-state index contributed by atoms with van der Waals surface area (Å²) in [6, 6.07) is 6.08. The number of hydrogen-bond acceptors (Lipinski definition) is 5. The molecule has 7 nitrogen and oxygen atoms in total. The van der Waals surface area contributed by atoms with E-state index in [-0.39, 0.29) is 18.0 Å². The third-order valence-corrected chi connectivity index (χ3v) is 3.85. The van der Waals surface area contributed by atoms with Crippen LogP contribution in [0.3, 0.4) is 0 Å². The highest BCUT2D eigenvalue weighted by atomic mass is 32.2. The summed E-state index contributed by atoms with van der Waals surface area (Å²) < 4.78 is 36.3. The third kappa shape index (κ3) is 6.56. The van der Waals surface area contributed by atoms with Crippen LogP contribution in [0.15, 0.2) is 29.2 Å². The number of benzene rings is 1. The van der Waals surface area contributed by atoms with Crippen LogP contribution in [0.5, 0.6) is 5.75 Å². The topological polar surface area (TPSA) is 102 Å². The molecule has 1 aromatic carbocycles. The van der Waals surface area contributed by atoms with E-state index in [1.807, 2.05) is 6.92 Å². The molecule has 0 radical (unpaired) electrons. The van der Waals surface area contributed by atoms with Crippen LogP contribution >= 0.6 is 0 Å². The molecule has 0 bridgehead atoms. The van der Waals surface area contributed by atoms with Crippen LogP contribution in [0.1, 0.15) is 13.3 Å². The van der Waals surface area contributed by atoms with Gasteiger partial charge in [0, 0.05) is 6.54 Å². The number of aliphatic carboxylic acids is 1. The summed E-state index contributed by atoms with van der Waals surface area (Å²) in [5, 5.41) is 8.36. The van der Waals surface area contributed by atoms with Crippen molar-refractivity contribution in [2.45, 2.75) is 18.2 Å². The van der Waals surface area contributed by atoms with Crippen molar-refractivity contribution in [3.63, 3.8) is 0 Å². The van der Waals surface area contributed by atoms with E-state index < -0.39 is 22.6 Å². The molecule has 0 atom stereocenters. The minimum absolute atomic E-state index is 0.00367. The quantitative estimate of drug-likeness (QED) is 0.620. The molecule has 0 unspecified atom stereocenters. The van der Waals surface area contributed by atoms with Crippen molar-refractivity contribution in [3.05, 3.63) is 24.3 Å². The van der Waals surface area contributed by atoms with Gasteiger partial charge >= 0.3 is 5.97 Å². The SMILES string of the molecule is CCCOc1ccc(S(=O)(=O)NCCOCC(=O)O)cc1. The summed E-state index contributed by atoms with van der Waals surface area (Å²) in [5.41, 5.74) is 0. The Morgan fingerprint density at radius 1 is 1.24 bits per heavy atom. The maximum absolute atomic E-state index is 11.9. The summed E-state index contributed by atoms with van der Waals surface area (Å²) in [6.45, 7) is 2.10. The third-order valence-electron chi connectivity index (χ3n) is 2.37. The number of carbonyl (C=O) groups is 1. The molecular formula is C13H19NO6S. The van der Waals surface area contributed by atoms with Gasteiger partial charge in [-0.1, -0.05) is 6.92 Å². The van der Waals surface area contributed by atoms with E-state index in [9.17, 15) is 13.2 Å². The van der Waals surface area contributed by atoms with Crippen LogP contribution in [0.4, 0.5) is 0 Å². The molecule has 0 saturated carbocycles. The van der Waals surface area contributed by atoms with Gasteiger partial charge in [-0.3, -0.25) is 0 Å². The first-order chi connectivity index (χ1) is 9.95. The second-order valence-corrected chi connectivity index (χ2v) is 5.93. The molecule has 1 aromatic rings. The van der Waals surface area contributed by atoms with Gasteiger partial charge in [-0.05, 0) is 30.7 Å². The van der Waals surface area contributed by atoms with Crippen LogP contribution in [0, 0.1) is 0 Å². The predicted molar refractivity (Wildman–Crippen MR) is 75.9 cm³/mol. The minimum atomic E-state index is -3.63. The average Bonchev–Trinajstić information content (AvgIpc) is 2.44. The fourth-order valence-electron chi connectivity index (χ4n) is 1.43. The zero-order valence-corrected chi connectivity index (χ0v) is 12.6. The molecule has 0 aliphatic carbocycles. The Morgan fingerprint density at radius 2 is 1.90 bits per heavy atom. The Bertz CT molecular complexity index is 540. The molecule has 0 aromatic heterocycles. The van der Waals surface area contributed by atoms with Crippen LogP contribution in [-0.4, -0.2) is 45.9 Å². The molecule has 0 heterocycles. The summed E-state index contributed by atoms with van der Waals surface area (Å²) in [6.07, 6.45) is 0.873. The van der Waals surface area contributed by atoms with Crippen LogP contribution in [-0.2, 0) is 19.6 Å². The number of hydrogen-bond donors (Lipinski definition) is 2. The van der Waals surface area contributed by atoms with Crippen LogP contribution in [0.25, 0.3) is 0 Å². The van der Waals surface area contributed by atoms with E-state index in [0.717, 1.165) is 6.42 Å². The first-order valence-corrected chi connectivity index (χ1v) is 7.96. The predicted octanol–water partition coefficient (Wildman–Crippen LogP) is 0.855. The number of carboxylic acid groups (broad SMARTS) is 1. The normalized spacial score (nSPS) is 11.3. The first kappa shape index (κ1) is 17.4. The van der Waals surface area contributed by atoms with Crippen molar-refractivity contribution in [2.75, 3.05) is 26.4 Å². The van der Waals surface area contributed by atoms with Gasteiger partial charge in [-0.25, -0.2) is 17.9 Å². The highest BCUT2D eigenvalue weighted by Crippen LogP contribution is 2.15. The monoisotopic (exact) mass is 317 g/mol. The van der Waals surface area contributed by atoms with E-state index in [2.05, 4.69) is 4.72 Å². The Morgan fingerprint density at radius 3 is 2.48 bits per heavy atom. The maximum Gasteiger partial charge on any atom is 0.329 e. The van der Waals surface area contributed by atoms with Gasteiger partial charge < -0.3 is 14.6 Å². The van der Waals surface area contributed by atoms with Gasteiger partial charge in [-0.2, -0.15) is 0 Å². The minimum Gasteiger partial charge on any atom is -0.494 e. The Hall–Kier alpha value is -1.64. The number of sulfonamides is 1. The molecule has 118 valence electrons. The standard InChI is InChI=1S/C13H19NO6S/c1-2-8-20-11-3-5-12(6-4-11)21(17,18)14-7-9-19-10-13(15)16/h3-6,14H,2,7-10H2,1H3,(H,15,16). The maximum atomic E-state index is 11.9. The lowest BCUT2D eigenvalue weighted by atomic mass is 10.3. The lowest BCUT2D eigenvalue weighted by Crippen LogP contribution is -2.28. The lowest BCUT2D eigenvalue weighted by molar-refractivity contribution is -0.142. The largest absolute Gasteiger partial charge is 0.494 e. The van der Waals surface area contributed by atoms with Crippen molar-refractivity contribution >= 4 is 16.0 Å². The van der Waals surface area contributed by atoms with Gasteiger partial charge in [-0.15, -0.1) is 0 Å². The van der Waals surface area contributed by atoms with Gasteiger partial charge in [0.1, 0.15) is 12.4 Å². The second-order valence-electron chi connectivity index (χ2n) is 4.16. The Balaban J connectivity index is 2.48. The average molecular weight is 317 g/mol. The smallest absolute Gasteiger partial charge is 0.329 e. The molecule has 0 fully saturated rings. The second kappa shape index (κ2) is 8.60.